The largest absolute Gasteiger partial charge is 3.00 e. The van der Waals surface area contributed by atoms with Crippen molar-refractivity contribution in [3.05, 3.63) is 0 Å². The Morgan fingerprint density at radius 2 is 1.00 bits per heavy atom. The summed E-state index contributed by atoms with van der Waals surface area (Å²) in [6.07, 6.45) is 0. The van der Waals surface area contributed by atoms with Crippen molar-refractivity contribution >= 4 is 47.5 Å². The van der Waals surface area contributed by atoms with E-state index in [-0.39, 0.29) is 46.6 Å². The minimum Gasteiger partial charge on any atom is -0.549 e. The summed E-state index contributed by atoms with van der Waals surface area (Å²) < 4.78 is 0. The smallest absolute Gasteiger partial charge is 0.549 e. The Hall–Kier alpha value is -0.111. The van der Waals surface area contributed by atoms with Crippen LogP contribution < -0.4 is 15.3 Å². The summed E-state index contributed by atoms with van der Waals surface area (Å²) in [5.41, 5.74) is 0. The van der Waals surface area contributed by atoms with Crippen LogP contribution in [-0.4, -0.2) is 72.0 Å². The number of carbonyl (C=O) groups excluding carboxylic acids is 3. The third-order valence-electron chi connectivity index (χ3n) is 1.06. The molecule has 0 aliphatic rings. The van der Waals surface area contributed by atoms with Crippen molar-refractivity contribution in [2.75, 3.05) is 19.6 Å². The second-order valence-corrected chi connectivity index (χ2v) is 2.26. The molecule has 0 rings (SSSR count). The average molecular weight is 267 g/mol. The van der Waals surface area contributed by atoms with E-state index in [2.05, 4.69) is 0 Å². The summed E-state index contributed by atoms with van der Waals surface area (Å²) in [5.74, 6) is -4.70. The van der Waals surface area contributed by atoms with Crippen LogP contribution in [0.15, 0.2) is 0 Å². The molecular weight excluding hydrogens is 261 g/mol. The number of aliphatic carboxylic acids is 3. The van der Waals surface area contributed by atoms with Crippen LogP contribution in [0, 0.1) is 0 Å². The molecule has 0 aliphatic heterocycles. The quantitative estimate of drug-likeness (QED) is 0.439. The Morgan fingerprint density at radius 1 is 0.800 bits per heavy atom. The van der Waals surface area contributed by atoms with Crippen LogP contribution >= 0.6 is 0 Å². The third kappa shape index (κ3) is 13.9. The Kier molecular flexibility index (Phi) is 14.1. The van der Waals surface area contributed by atoms with Gasteiger partial charge < -0.3 is 29.7 Å². The zero-order chi connectivity index (χ0) is 10.4. The molecule has 0 unspecified atom stereocenters. The average Bonchev–Trinajstić information content (AvgIpc) is 1.80. The molecule has 0 N–H and O–H groups in total. The second-order valence-electron chi connectivity index (χ2n) is 2.26. The Bertz CT molecular complexity index is 198. The maximum Gasteiger partial charge on any atom is 3.00 e. The van der Waals surface area contributed by atoms with E-state index in [0.29, 0.717) is 4.90 Å². The van der Waals surface area contributed by atoms with Crippen LogP contribution in [0.2, 0.25) is 0 Å². The molecule has 0 amide bonds. The molecule has 0 aliphatic carbocycles. The summed E-state index contributed by atoms with van der Waals surface area (Å²) in [7, 11) is 0. The molecule has 0 fully saturated rings. The summed E-state index contributed by atoms with van der Waals surface area (Å²) in [6.45, 7) is -2.37. The Morgan fingerprint density at radius 3 is 1.13 bits per heavy atom. The minimum atomic E-state index is -1.57. The van der Waals surface area contributed by atoms with E-state index in [9.17, 15) is 29.7 Å². The van der Waals surface area contributed by atoms with Gasteiger partial charge in [0.1, 0.15) is 0 Å². The van der Waals surface area contributed by atoms with E-state index in [1.807, 2.05) is 0 Å². The predicted molar refractivity (Wildman–Crippen MR) is 37.2 cm³/mol. The number of carbonyl (C=O) groups is 3. The number of nitrogens with zero attached hydrogens (tertiary/aromatic N) is 1. The van der Waals surface area contributed by atoms with Gasteiger partial charge in [0, 0.05) is 49.2 Å². The van der Waals surface area contributed by atoms with E-state index < -0.39 is 37.5 Å². The van der Waals surface area contributed by atoms with Crippen molar-refractivity contribution in [3.8, 4) is 0 Å². The number of carboxylic acid groups (broad SMARTS) is 3. The summed E-state index contributed by atoms with van der Waals surface area (Å²) in [4.78, 5) is 30.6. The zero-order valence-electron chi connectivity index (χ0n) is 7.87. The fourth-order valence-corrected chi connectivity index (χ4v) is 0.715. The van der Waals surface area contributed by atoms with Crippen LogP contribution in [0.25, 0.3) is 0 Å². The predicted octanol–water partition coefficient (Wildman–Crippen LogP) is -5.85. The molecule has 7 nitrogen and oxygen atoms in total. The zero-order valence-corrected chi connectivity index (χ0v) is 11.0. The van der Waals surface area contributed by atoms with Crippen molar-refractivity contribution in [2.45, 2.75) is 0 Å². The summed E-state index contributed by atoms with van der Waals surface area (Å²) in [5, 5.41) is 30.0. The van der Waals surface area contributed by atoms with E-state index >= 15 is 0 Å². The molecule has 9 heteroatoms. The fourth-order valence-electron chi connectivity index (χ4n) is 0.715. The molecule has 0 bridgehead atoms. The number of rotatable bonds is 6. The SMILES string of the molecule is O=C([O-])CN(CC(=O)[O-])CC(=O)[O-].[Fe+3].[Na]. The molecule has 0 aromatic rings. The van der Waals surface area contributed by atoms with Gasteiger partial charge in [-0.3, -0.25) is 4.90 Å². The van der Waals surface area contributed by atoms with Crippen molar-refractivity contribution in [3.63, 3.8) is 0 Å². The van der Waals surface area contributed by atoms with E-state index in [1.54, 1.807) is 0 Å². The fraction of sp³-hybridized carbons (Fsp3) is 0.500. The van der Waals surface area contributed by atoms with Gasteiger partial charge in [-0.25, -0.2) is 0 Å². The van der Waals surface area contributed by atoms with Crippen LogP contribution in [0.1, 0.15) is 0 Å². The first kappa shape index (κ1) is 20.3. The number of carboxylic acids is 3. The van der Waals surface area contributed by atoms with Gasteiger partial charge in [0.25, 0.3) is 0 Å². The van der Waals surface area contributed by atoms with Crippen LogP contribution in [-0.2, 0) is 31.5 Å². The Labute approximate surface area is 118 Å². The van der Waals surface area contributed by atoms with Gasteiger partial charge in [-0.05, 0) is 0 Å². The summed E-state index contributed by atoms with van der Waals surface area (Å²) >= 11 is 0. The van der Waals surface area contributed by atoms with Crippen LogP contribution in [0.4, 0.5) is 0 Å². The molecule has 0 atom stereocenters. The maximum atomic E-state index is 9.99. The first-order valence-corrected chi connectivity index (χ1v) is 3.23. The van der Waals surface area contributed by atoms with Crippen molar-refractivity contribution in [2.24, 2.45) is 0 Å². The van der Waals surface area contributed by atoms with E-state index in [0.717, 1.165) is 0 Å². The van der Waals surface area contributed by atoms with Crippen molar-refractivity contribution in [1.29, 1.82) is 0 Å². The molecule has 0 aromatic heterocycles. The van der Waals surface area contributed by atoms with Gasteiger partial charge in [0.15, 0.2) is 0 Å². The van der Waals surface area contributed by atoms with Crippen molar-refractivity contribution in [1.82, 2.24) is 4.90 Å². The van der Waals surface area contributed by atoms with Crippen LogP contribution in [0.5, 0.6) is 0 Å². The van der Waals surface area contributed by atoms with Gasteiger partial charge in [-0.2, -0.15) is 0 Å². The van der Waals surface area contributed by atoms with Crippen molar-refractivity contribution < 1.29 is 46.8 Å². The normalized spacial score (nSPS) is 8.60. The minimum absolute atomic E-state index is 0. The Balaban J connectivity index is -0.000000720. The van der Waals surface area contributed by atoms with Gasteiger partial charge in [0.05, 0.1) is 17.9 Å². The molecule has 0 spiro atoms. The topological polar surface area (TPSA) is 124 Å². The monoisotopic (exact) mass is 267 g/mol. The summed E-state index contributed by atoms with van der Waals surface area (Å²) in [6, 6.07) is 0. The third-order valence-corrected chi connectivity index (χ3v) is 1.06. The molecule has 0 heterocycles. The molecule has 80 valence electrons. The van der Waals surface area contributed by atoms with Gasteiger partial charge in [-0.15, -0.1) is 0 Å². The molecule has 0 saturated heterocycles. The van der Waals surface area contributed by atoms with Gasteiger partial charge >= 0.3 is 17.1 Å². The molecular formula is C6H6FeNNaO6. The molecule has 0 aromatic carbocycles. The first-order chi connectivity index (χ1) is 5.91. The first-order valence-electron chi connectivity index (χ1n) is 3.23. The van der Waals surface area contributed by atoms with Gasteiger partial charge in [-0.1, -0.05) is 0 Å². The molecule has 0 saturated carbocycles. The van der Waals surface area contributed by atoms with E-state index in [1.165, 1.54) is 0 Å². The second kappa shape index (κ2) is 10.4. The van der Waals surface area contributed by atoms with Crippen LogP contribution in [0.3, 0.4) is 0 Å². The van der Waals surface area contributed by atoms with E-state index in [4.69, 9.17) is 0 Å². The maximum absolute atomic E-state index is 9.99. The molecule has 15 heavy (non-hydrogen) atoms. The number of hydrogen-bond acceptors (Lipinski definition) is 7. The number of hydrogen-bond donors (Lipinski definition) is 0. The van der Waals surface area contributed by atoms with Gasteiger partial charge in [0.2, 0.25) is 0 Å². The standard InChI is InChI=1S/C6H9NO6.Fe.Na/c8-4(9)1-7(2-5(10)11)3-6(12)13;;/h1-3H2,(H,8,9)(H,10,11)(H,12,13);;/q;+3;/p-3. The molecule has 2 radical (unpaired) electrons.